The molecule has 0 fully saturated rings. The van der Waals surface area contributed by atoms with E-state index in [4.69, 9.17) is 0 Å². The molecule has 0 aromatic carbocycles. The highest BCUT2D eigenvalue weighted by atomic mass is 14.1. The summed E-state index contributed by atoms with van der Waals surface area (Å²) in [5.41, 5.74) is 0. The Labute approximate surface area is 225 Å². The minimum atomic E-state index is 0.950. The van der Waals surface area contributed by atoms with Crippen molar-refractivity contribution in [3.8, 4) is 0 Å². The quantitative estimate of drug-likeness (QED) is 0.0952. The molecule has 0 aliphatic carbocycles. The molecule has 0 aromatic heterocycles. The Morgan fingerprint density at radius 1 is 0.257 bits per heavy atom. The summed E-state index contributed by atoms with van der Waals surface area (Å²) in [4.78, 5) is 0. The van der Waals surface area contributed by atoms with Gasteiger partial charge in [0.1, 0.15) is 0 Å². The molecule has 35 heavy (non-hydrogen) atoms. The summed E-state index contributed by atoms with van der Waals surface area (Å²) in [5.74, 6) is 3.80. The van der Waals surface area contributed by atoms with E-state index in [1.54, 1.807) is 0 Å². The van der Waals surface area contributed by atoms with Crippen molar-refractivity contribution in [2.45, 2.75) is 202 Å². The van der Waals surface area contributed by atoms with Gasteiger partial charge in [-0.2, -0.15) is 0 Å². The van der Waals surface area contributed by atoms with E-state index in [1.165, 1.54) is 161 Å². The van der Waals surface area contributed by atoms with Gasteiger partial charge in [0.25, 0.3) is 0 Å². The summed E-state index contributed by atoms with van der Waals surface area (Å²) in [6.45, 7) is 14.6. The first-order valence-electron chi connectivity index (χ1n) is 17.0. The van der Waals surface area contributed by atoms with Crippen molar-refractivity contribution < 1.29 is 0 Å². The molecule has 0 N–H and O–H groups in total. The van der Waals surface area contributed by atoms with Crippen LogP contribution >= 0.6 is 0 Å². The summed E-state index contributed by atoms with van der Waals surface area (Å²) in [5, 5.41) is 0. The first-order chi connectivity index (χ1) is 17.0. The highest BCUT2D eigenvalue weighted by molar-refractivity contribution is 4.61. The van der Waals surface area contributed by atoms with Crippen LogP contribution in [0.4, 0.5) is 0 Å². The third-order valence-corrected chi connectivity index (χ3v) is 8.80. The normalized spacial score (nSPS) is 15.3. The van der Waals surface area contributed by atoms with Crippen LogP contribution in [-0.4, -0.2) is 0 Å². The summed E-state index contributed by atoms with van der Waals surface area (Å²) in [7, 11) is 0. The molecule has 0 nitrogen and oxygen atoms in total. The molecule has 0 heteroatoms. The lowest BCUT2D eigenvalue weighted by Crippen LogP contribution is -2.01. The molecule has 0 amide bonds. The van der Waals surface area contributed by atoms with Crippen LogP contribution in [0.5, 0.6) is 0 Å². The largest absolute Gasteiger partial charge is 0.0654 e. The van der Waals surface area contributed by atoms with Gasteiger partial charge in [-0.3, -0.25) is 0 Å². The summed E-state index contributed by atoms with van der Waals surface area (Å²) in [6, 6.07) is 0. The maximum atomic E-state index is 2.50. The van der Waals surface area contributed by atoms with E-state index in [1.807, 2.05) is 0 Å². The zero-order valence-corrected chi connectivity index (χ0v) is 26.0. The molecular weight excluding hydrogens is 420 g/mol. The minimum Gasteiger partial charge on any atom is -0.0654 e. The van der Waals surface area contributed by atoms with Crippen LogP contribution in [0.15, 0.2) is 0 Å². The van der Waals surface area contributed by atoms with Crippen LogP contribution in [0.2, 0.25) is 0 Å². The summed E-state index contributed by atoms with van der Waals surface area (Å²) < 4.78 is 0. The molecule has 0 radical (unpaired) electrons. The Balaban J connectivity index is 3.32. The van der Waals surface area contributed by atoms with E-state index in [2.05, 4.69) is 41.5 Å². The Kier molecular flexibility index (Phi) is 27.0. The third kappa shape index (κ3) is 26.9. The number of hydrogen-bond donors (Lipinski definition) is 0. The molecule has 4 unspecified atom stereocenters. The lowest BCUT2D eigenvalue weighted by molar-refractivity contribution is 0.377. The topological polar surface area (TPSA) is 0 Å². The van der Waals surface area contributed by atoms with Crippen LogP contribution in [-0.2, 0) is 0 Å². The Morgan fingerprint density at radius 2 is 0.457 bits per heavy atom. The molecule has 0 aromatic rings. The van der Waals surface area contributed by atoms with Crippen molar-refractivity contribution in [3.05, 3.63) is 0 Å². The van der Waals surface area contributed by atoms with Gasteiger partial charge in [0.05, 0.1) is 0 Å². The van der Waals surface area contributed by atoms with Crippen LogP contribution < -0.4 is 0 Å². The summed E-state index contributed by atoms with van der Waals surface area (Å²) >= 11 is 0. The number of hydrogen-bond acceptors (Lipinski definition) is 0. The van der Waals surface area contributed by atoms with Crippen LogP contribution in [0.3, 0.4) is 0 Å². The minimum absolute atomic E-state index is 0.950. The van der Waals surface area contributed by atoms with E-state index in [9.17, 15) is 0 Å². The second kappa shape index (κ2) is 27.0. The molecule has 0 spiro atoms. The molecule has 0 saturated carbocycles. The molecule has 0 rings (SSSR count). The molecule has 4 atom stereocenters. The zero-order chi connectivity index (χ0) is 26.0. The predicted molar refractivity (Wildman–Crippen MR) is 163 cm³/mol. The predicted octanol–water partition coefficient (Wildman–Crippen LogP) is 13.3. The van der Waals surface area contributed by atoms with Crippen LogP contribution in [0.25, 0.3) is 0 Å². The highest BCUT2D eigenvalue weighted by Crippen LogP contribution is 2.23. The average molecular weight is 493 g/mol. The fourth-order valence-corrected chi connectivity index (χ4v) is 5.78. The second-order valence-electron chi connectivity index (χ2n) is 13.0. The Morgan fingerprint density at radius 3 is 0.686 bits per heavy atom. The molecule has 0 aliphatic heterocycles. The first kappa shape index (κ1) is 35.0. The molecular formula is C35H72. The fourth-order valence-electron chi connectivity index (χ4n) is 5.78. The molecule has 0 bridgehead atoms. The van der Waals surface area contributed by atoms with Gasteiger partial charge in [0.15, 0.2) is 0 Å². The fraction of sp³-hybridized carbons (Fsp3) is 1.00. The zero-order valence-electron chi connectivity index (χ0n) is 26.0. The highest BCUT2D eigenvalue weighted by Gasteiger charge is 2.08. The van der Waals surface area contributed by atoms with Gasteiger partial charge in [0.2, 0.25) is 0 Å². The molecule has 0 aliphatic rings. The maximum absolute atomic E-state index is 2.50. The van der Waals surface area contributed by atoms with E-state index in [-0.39, 0.29) is 0 Å². The summed E-state index contributed by atoms with van der Waals surface area (Å²) in [6.07, 6.45) is 36.5. The van der Waals surface area contributed by atoms with E-state index in [0.29, 0.717) is 0 Å². The van der Waals surface area contributed by atoms with Gasteiger partial charge in [-0.1, -0.05) is 202 Å². The van der Waals surface area contributed by atoms with Gasteiger partial charge in [-0.05, 0) is 23.7 Å². The van der Waals surface area contributed by atoms with Crippen molar-refractivity contribution in [2.24, 2.45) is 23.7 Å². The monoisotopic (exact) mass is 493 g/mol. The smallest absolute Gasteiger partial charge is 0.0443 e. The van der Waals surface area contributed by atoms with E-state index < -0.39 is 0 Å². The van der Waals surface area contributed by atoms with Crippen LogP contribution in [0, 0.1) is 23.7 Å². The van der Waals surface area contributed by atoms with E-state index >= 15 is 0 Å². The molecule has 0 saturated heterocycles. The SMILES string of the molecule is CCCCCC(C)CCC(C)CCCCCCCCCCCCCC(C)CCC(C)CCCCC. The lowest BCUT2D eigenvalue weighted by Gasteiger charge is -2.15. The first-order valence-corrected chi connectivity index (χ1v) is 17.0. The molecule has 0 heterocycles. The van der Waals surface area contributed by atoms with E-state index in [0.717, 1.165) is 23.7 Å². The van der Waals surface area contributed by atoms with Crippen molar-refractivity contribution in [1.82, 2.24) is 0 Å². The third-order valence-electron chi connectivity index (χ3n) is 8.80. The molecule has 212 valence electrons. The Bertz CT molecular complexity index is 349. The second-order valence-corrected chi connectivity index (χ2v) is 13.0. The van der Waals surface area contributed by atoms with Gasteiger partial charge in [0, 0.05) is 0 Å². The Hall–Kier alpha value is 0. The lowest BCUT2D eigenvalue weighted by atomic mass is 9.91. The number of unbranched alkanes of at least 4 members (excludes halogenated alkanes) is 14. The van der Waals surface area contributed by atoms with Gasteiger partial charge >= 0.3 is 0 Å². The van der Waals surface area contributed by atoms with Crippen LogP contribution in [0.1, 0.15) is 202 Å². The standard InChI is InChI=1S/C35H72/c1-7-9-20-24-32(3)28-30-34(5)26-22-18-16-14-12-11-13-15-17-19-23-27-35(6)31-29-33(4)25-21-10-8-2/h32-35H,7-31H2,1-6H3. The maximum Gasteiger partial charge on any atom is -0.0443 e. The van der Waals surface area contributed by atoms with Gasteiger partial charge in [-0.25, -0.2) is 0 Å². The van der Waals surface area contributed by atoms with Gasteiger partial charge < -0.3 is 0 Å². The average Bonchev–Trinajstić information content (AvgIpc) is 2.84. The van der Waals surface area contributed by atoms with Crippen molar-refractivity contribution >= 4 is 0 Å². The van der Waals surface area contributed by atoms with Gasteiger partial charge in [-0.15, -0.1) is 0 Å². The van der Waals surface area contributed by atoms with Crippen molar-refractivity contribution in [1.29, 1.82) is 0 Å². The number of rotatable bonds is 28. The van der Waals surface area contributed by atoms with Crippen molar-refractivity contribution in [2.75, 3.05) is 0 Å². The van der Waals surface area contributed by atoms with Crippen molar-refractivity contribution in [3.63, 3.8) is 0 Å².